The quantitative estimate of drug-likeness (QED) is 0.0195. The molecule has 0 rings (SSSR count). The molecule has 9 heteroatoms. The average Bonchev–Trinajstić information content (AvgIpc) is 3.46. The van der Waals surface area contributed by atoms with E-state index in [1.165, 1.54) is 116 Å². The molecule has 0 aromatic heterocycles. The lowest BCUT2D eigenvalue weighted by molar-refractivity contribution is -0.870. The van der Waals surface area contributed by atoms with Crippen molar-refractivity contribution in [2.75, 3.05) is 47.5 Å². The van der Waals surface area contributed by atoms with Crippen molar-refractivity contribution >= 4 is 17.9 Å². The van der Waals surface area contributed by atoms with Crippen LogP contribution in [-0.4, -0.2) is 82.3 Å². The Labute approximate surface area is 559 Å². The molecule has 0 bridgehead atoms. The largest absolute Gasteiger partial charge is 0.545 e. The van der Waals surface area contributed by atoms with E-state index in [1.807, 2.05) is 21.1 Å². The van der Waals surface area contributed by atoms with Crippen LogP contribution in [0.1, 0.15) is 284 Å². The highest BCUT2D eigenvalue weighted by atomic mass is 16.7. The Bertz CT molecular complexity index is 2060. The first-order chi connectivity index (χ1) is 44.6. The molecule has 0 spiro atoms. The monoisotopic (exact) mass is 1260 g/mol. The third kappa shape index (κ3) is 72.2. The summed E-state index contributed by atoms with van der Waals surface area (Å²) >= 11 is 0. The fourth-order valence-corrected chi connectivity index (χ4v) is 9.76. The highest BCUT2D eigenvalue weighted by Gasteiger charge is 2.22. The lowest BCUT2D eigenvalue weighted by Crippen LogP contribution is -2.44. The van der Waals surface area contributed by atoms with Gasteiger partial charge in [-0.1, -0.05) is 307 Å². The second-order valence-electron chi connectivity index (χ2n) is 25.1. The van der Waals surface area contributed by atoms with Crippen molar-refractivity contribution in [3.63, 3.8) is 0 Å². The van der Waals surface area contributed by atoms with Gasteiger partial charge in [-0.3, -0.25) is 9.59 Å². The number of carbonyl (C=O) groups is 3. The predicted molar refractivity (Wildman–Crippen MR) is 389 cm³/mol. The Hall–Kier alpha value is -5.09. The van der Waals surface area contributed by atoms with Gasteiger partial charge >= 0.3 is 11.9 Å². The van der Waals surface area contributed by atoms with Crippen molar-refractivity contribution in [2.45, 2.75) is 296 Å². The summed E-state index contributed by atoms with van der Waals surface area (Å²) in [6.45, 7) is 4.51. The van der Waals surface area contributed by atoms with Crippen LogP contribution in [-0.2, 0) is 33.3 Å². The van der Waals surface area contributed by atoms with Crippen LogP contribution in [0.25, 0.3) is 0 Å². The lowest BCUT2D eigenvalue weighted by atomic mass is 10.0. The first-order valence-corrected chi connectivity index (χ1v) is 36.6. The van der Waals surface area contributed by atoms with Crippen molar-refractivity contribution in [3.05, 3.63) is 158 Å². The van der Waals surface area contributed by atoms with Crippen LogP contribution < -0.4 is 5.11 Å². The zero-order valence-electron chi connectivity index (χ0n) is 58.9. The van der Waals surface area contributed by atoms with Gasteiger partial charge in [-0.25, -0.2) is 0 Å². The number of aliphatic carboxylic acids is 1. The summed E-state index contributed by atoms with van der Waals surface area (Å²) in [6.07, 6.45) is 102. The number of carbonyl (C=O) groups excluding carboxylic acids is 3. The summed E-state index contributed by atoms with van der Waals surface area (Å²) < 4.78 is 22.8. The highest BCUT2D eigenvalue weighted by molar-refractivity contribution is 5.70. The zero-order valence-corrected chi connectivity index (χ0v) is 58.9. The Morgan fingerprint density at radius 2 is 0.593 bits per heavy atom. The maximum atomic E-state index is 13.0. The molecule has 516 valence electrons. The molecule has 0 aliphatic rings. The first kappa shape index (κ1) is 85.9. The number of carboxylic acid groups (broad SMARTS) is 1. The van der Waals surface area contributed by atoms with Crippen molar-refractivity contribution in [1.29, 1.82) is 0 Å². The summed E-state index contributed by atoms with van der Waals surface area (Å²) in [5.41, 5.74) is 0. The van der Waals surface area contributed by atoms with Crippen LogP contribution in [0.15, 0.2) is 158 Å². The Morgan fingerprint density at radius 3 is 0.879 bits per heavy atom. The third-order valence-corrected chi connectivity index (χ3v) is 15.3. The number of likely N-dealkylation sites (N-methyl/N-ethyl adjacent to an activating group) is 1. The number of carboxylic acids is 1. The van der Waals surface area contributed by atoms with E-state index in [9.17, 15) is 19.5 Å². The summed E-state index contributed by atoms with van der Waals surface area (Å²) in [7, 11) is 5.92. The lowest BCUT2D eigenvalue weighted by Gasteiger charge is -2.26. The highest BCUT2D eigenvalue weighted by Crippen LogP contribution is 2.17. The second kappa shape index (κ2) is 70.8. The number of nitrogens with zero attached hydrogens (tertiary/aromatic N) is 1. The van der Waals surface area contributed by atoms with Crippen molar-refractivity contribution in [3.8, 4) is 0 Å². The summed E-state index contributed by atoms with van der Waals surface area (Å²) in [5, 5.41) is 11.8. The standard InChI is InChI=1S/C82H135NO8/c1-6-8-10-12-14-16-18-20-22-24-26-28-30-32-34-35-36-37-38-39-40-41-42-43-44-45-47-49-51-53-55-57-59-61-63-65-67-69-71-73-80(85)91-78(77-90-82(81(86)87)88-75-74-83(3,4)5)76-89-79(84)72-70-68-66-64-62-60-58-56-54-52-50-48-46-33-31-29-27-25-23-21-19-17-15-13-11-9-7-2/h8-11,14-17,20-23,26-29,32-34,36-37,39-40,46,50,52,78,82H,6-7,12-13,18-19,24-25,30-31,35,38,41-45,47-49,51,53-77H2,1-5H3/b10-8-,11-9-,16-14-,17-15-,22-20-,23-21-,28-26-,29-27-,34-32-,37-36-,40-39-,46-33-,52-50-. The fourth-order valence-electron chi connectivity index (χ4n) is 9.76. The molecule has 2 unspecified atom stereocenters. The number of rotatable bonds is 66. The smallest absolute Gasteiger partial charge is 0.306 e. The van der Waals surface area contributed by atoms with E-state index in [4.69, 9.17) is 18.9 Å². The van der Waals surface area contributed by atoms with Gasteiger partial charge in [-0.05, 0) is 122 Å². The third-order valence-electron chi connectivity index (χ3n) is 15.3. The van der Waals surface area contributed by atoms with E-state index in [0.29, 0.717) is 17.4 Å². The molecule has 0 heterocycles. The van der Waals surface area contributed by atoms with E-state index in [-0.39, 0.29) is 38.6 Å². The minimum Gasteiger partial charge on any atom is -0.545 e. The van der Waals surface area contributed by atoms with E-state index in [0.717, 1.165) is 135 Å². The van der Waals surface area contributed by atoms with E-state index in [2.05, 4.69) is 172 Å². The van der Waals surface area contributed by atoms with Crippen LogP contribution in [0.2, 0.25) is 0 Å². The number of hydrogen-bond donors (Lipinski definition) is 0. The van der Waals surface area contributed by atoms with Crippen LogP contribution >= 0.6 is 0 Å². The van der Waals surface area contributed by atoms with Crippen LogP contribution in [0.4, 0.5) is 0 Å². The van der Waals surface area contributed by atoms with Gasteiger partial charge < -0.3 is 33.3 Å². The Balaban J connectivity index is 4.11. The van der Waals surface area contributed by atoms with Gasteiger partial charge in [0.1, 0.15) is 13.2 Å². The van der Waals surface area contributed by atoms with Crippen molar-refractivity contribution in [2.24, 2.45) is 0 Å². The normalized spacial score (nSPS) is 13.6. The number of ether oxygens (including phenoxy) is 4. The van der Waals surface area contributed by atoms with Crippen molar-refractivity contribution < 1.29 is 42.9 Å². The molecule has 0 aliphatic heterocycles. The minimum absolute atomic E-state index is 0.140. The molecule has 0 saturated heterocycles. The van der Waals surface area contributed by atoms with E-state index >= 15 is 0 Å². The first-order valence-electron chi connectivity index (χ1n) is 36.6. The van der Waals surface area contributed by atoms with Gasteiger partial charge in [0.05, 0.1) is 40.3 Å². The average molecular weight is 1260 g/mol. The predicted octanol–water partition coefficient (Wildman–Crippen LogP) is 21.9. The van der Waals surface area contributed by atoms with Crippen LogP contribution in [0.3, 0.4) is 0 Å². The van der Waals surface area contributed by atoms with Gasteiger partial charge in [-0.15, -0.1) is 0 Å². The van der Waals surface area contributed by atoms with Gasteiger partial charge in [-0.2, -0.15) is 0 Å². The van der Waals surface area contributed by atoms with Gasteiger partial charge in [0.25, 0.3) is 0 Å². The molecule has 2 atom stereocenters. The molecule has 0 saturated carbocycles. The summed E-state index contributed by atoms with van der Waals surface area (Å²) in [5.74, 6) is -2.30. The van der Waals surface area contributed by atoms with Crippen molar-refractivity contribution in [1.82, 2.24) is 0 Å². The number of allylic oxidation sites excluding steroid dienone is 26. The molecule has 0 fully saturated rings. The molecule has 0 aliphatic carbocycles. The molecule has 0 aromatic rings. The van der Waals surface area contributed by atoms with Crippen LogP contribution in [0.5, 0.6) is 0 Å². The maximum Gasteiger partial charge on any atom is 0.306 e. The van der Waals surface area contributed by atoms with Gasteiger partial charge in [0, 0.05) is 12.8 Å². The Morgan fingerprint density at radius 1 is 0.330 bits per heavy atom. The second-order valence-corrected chi connectivity index (χ2v) is 25.1. The minimum atomic E-state index is -1.63. The molecule has 0 aromatic carbocycles. The molecular formula is C82H135NO8. The SMILES string of the molecule is CC/C=C\C/C=C\C/C=C\C/C=C\C/C=C\C/C=C\C/C=C\CCCCCCCCCCCCCCCCCCCC(=O)OC(COC(=O)CCCCCCCCCC/C=C\C/C=C\C/C=C\C/C=C\C/C=C\C/C=C\CC)COC(OCC[N+](C)(C)C)C(=O)[O-]. The number of quaternary nitrogens is 1. The molecule has 9 nitrogen and oxygen atoms in total. The van der Waals surface area contributed by atoms with Gasteiger partial charge in [0.2, 0.25) is 0 Å². The Kier molecular flexibility index (Phi) is 66.8. The van der Waals surface area contributed by atoms with E-state index in [1.54, 1.807) is 0 Å². The molecule has 91 heavy (non-hydrogen) atoms. The summed E-state index contributed by atoms with van der Waals surface area (Å²) in [6, 6.07) is 0. The molecule has 0 radical (unpaired) electrons. The van der Waals surface area contributed by atoms with Crippen LogP contribution in [0, 0.1) is 0 Å². The molecule has 0 N–H and O–H groups in total. The zero-order chi connectivity index (χ0) is 66.1. The number of esters is 2. The summed E-state index contributed by atoms with van der Waals surface area (Å²) in [4.78, 5) is 37.5. The topological polar surface area (TPSA) is 111 Å². The maximum absolute atomic E-state index is 13.0. The van der Waals surface area contributed by atoms with Gasteiger partial charge in [0.15, 0.2) is 12.4 Å². The fraction of sp³-hybridized carbons (Fsp3) is 0.646. The molecule has 0 amide bonds. The molecular weight excluding hydrogens is 1130 g/mol. The number of hydrogen-bond acceptors (Lipinski definition) is 8. The number of unbranched alkanes of at least 4 members (excludes halogenated alkanes) is 25. The van der Waals surface area contributed by atoms with E-state index < -0.39 is 24.3 Å².